The molecule has 0 rings (SSSR count). The van der Waals surface area contributed by atoms with E-state index >= 15 is 0 Å². The van der Waals surface area contributed by atoms with Crippen LogP contribution in [0.1, 0.15) is 60.8 Å². The molecule has 1 atom stereocenters. The van der Waals surface area contributed by atoms with Crippen molar-refractivity contribution in [3.63, 3.8) is 0 Å². The first kappa shape index (κ1) is 16.1. The summed E-state index contributed by atoms with van der Waals surface area (Å²) < 4.78 is 5.47. The highest BCUT2D eigenvalue weighted by Crippen LogP contribution is 2.30. The van der Waals surface area contributed by atoms with Gasteiger partial charge in [-0.2, -0.15) is 0 Å². The van der Waals surface area contributed by atoms with Crippen molar-refractivity contribution in [1.82, 2.24) is 0 Å². The van der Waals surface area contributed by atoms with Crippen LogP contribution in [0, 0.1) is 16.2 Å². The van der Waals surface area contributed by atoms with Gasteiger partial charge >= 0.3 is 5.97 Å². The molecule has 3 nitrogen and oxygen atoms in total. The second-order valence-electron chi connectivity index (χ2n) is 6.57. The summed E-state index contributed by atoms with van der Waals surface area (Å²) in [5.41, 5.74) is -0.0965. The second-order valence-corrected chi connectivity index (χ2v) is 6.57. The lowest BCUT2D eigenvalue weighted by atomic mass is 9.81. The van der Waals surface area contributed by atoms with Crippen molar-refractivity contribution in [2.75, 3.05) is 0 Å². The monoisotopic (exact) mass is 241 g/mol. The Kier molecular flexibility index (Phi) is 5.86. The zero-order valence-electron chi connectivity index (χ0n) is 12.1. The van der Waals surface area contributed by atoms with Crippen molar-refractivity contribution in [3.05, 3.63) is 0 Å². The van der Waals surface area contributed by atoms with E-state index in [4.69, 9.17) is 10.1 Å². The van der Waals surface area contributed by atoms with Gasteiger partial charge in [0, 0.05) is 18.1 Å². The van der Waals surface area contributed by atoms with Crippen LogP contribution < -0.4 is 0 Å². The Hall–Kier alpha value is -0.860. The number of carbonyl (C=O) groups is 1. The summed E-state index contributed by atoms with van der Waals surface area (Å²) in [5, 5.41) is 7.39. The molecule has 0 aromatic carbocycles. The highest BCUT2D eigenvalue weighted by Gasteiger charge is 2.27. The van der Waals surface area contributed by atoms with Gasteiger partial charge in [-0.1, -0.05) is 41.5 Å². The lowest BCUT2D eigenvalue weighted by Gasteiger charge is -2.30. The van der Waals surface area contributed by atoms with Gasteiger partial charge in [0.05, 0.1) is 0 Å². The fraction of sp³-hybridized carbons (Fsp3) is 0.857. The molecule has 0 heterocycles. The lowest BCUT2D eigenvalue weighted by molar-refractivity contribution is -0.151. The average molecular weight is 241 g/mol. The van der Waals surface area contributed by atoms with Crippen molar-refractivity contribution < 1.29 is 9.53 Å². The van der Waals surface area contributed by atoms with Crippen molar-refractivity contribution in [2.45, 2.75) is 66.9 Å². The van der Waals surface area contributed by atoms with Crippen molar-refractivity contribution >= 4 is 12.2 Å². The second kappa shape index (κ2) is 6.18. The van der Waals surface area contributed by atoms with Crippen LogP contribution in [0.2, 0.25) is 0 Å². The highest BCUT2D eigenvalue weighted by atomic mass is 16.5. The van der Waals surface area contributed by atoms with Crippen LogP contribution in [0.3, 0.4) is 0 Å². The van der Waals surface area contributed by atoms with E-state index in [-0.39, 0.29) is 22.9 Å². The molecule has 1 unspecified atom stereocenters. The quantitative estimate of drug-likeness (QED) is 0.568. The molecule has 0 amide bonds. The molecule has 0 bridgehead atoms. The van der Waals surface area contributed by atoms with Crippen LogP contribution in [0.5, 0.6) is 0 Å². The Labute approximate surface area is 105 Å². The van der Waals surface area contributed by atoms with E-state index in [1.165, 1.54) is 6.21 Å². The van der Waals surface area contributed by atoms with Crippen molar-refractivity contribution in [2.24, 2.45) is 10.8 Å². The Balaban J connectivity index is 4.62. The number of carbonyl (C=O) groups excluding carboxylic acids is 1. The molecule has 17 heavy (non-hydrogen) atoms. The van der Waals surface area contributed by atoms with E-state index in [1.54, 1.807) is 6.92 Å². The SMILES string of the molecule is CCC(=O)OC(CC(C)(C)C)CC(C)(C)C=N. The molecule has 0 aliphatic rings. The average Bonchev–Trinajstić information content (AvgIpc) is 2.14. The Morgan fingerprint density at radius 1 is 1.24 bits per heavy atom. The molecule has 0 saturated carbocycles. The molecule has 0 aromatic heterocycles. The molecular formula is C14H27NO2. The normalized spacial score (nSPS) is 14.2. The van der Waals surface area contributed by atoms with Crippen LogP contribution in [0.15, 0.2) is 0 Å². The van der Waals surface area contributed by atoms with E-state index in [0.717, 1.165) is 6.42 Å². The Morgan fingerprint density at radius 3 is 2.12 bits per heavy atom. The van der Waals surface area contributed by atoms with Gasteiger partial charge in [0.15, 0.2) is 0 Å². The molecule has 0 spiro atoms. The molecule has 0 saturated heterocycles. The number of hydrogen-bond acceptors (Lipinski definition) is 3. The molecular weight excluding hydrogens is 214 g/mol. The first-order valence-corrected chi connectivity index (χ1v) is 6.31. The van der Waals surface area contributed by atoms with Gasteiger partial charge < -0.3 is 10.1 Å². The van der Waals surface area contributed by atoms with Crippen molar-refractivity contribution in [1.29, 1.82) is 5.41 Å². The Bertz CT molecular complexity index is 264. The minimum atomic E-state index is -0.218. The van der Waals surface area contributed by atoms with E-state index in [2.05, 4.69) is 20.8 Å². The van der Waals surface area contributed by atoms with Gasteiger partial charge in [-0.25, -0.2) is 0 Å². The Morgan fingerprint density at radius 2 is 1.76 bits per heavy atom. The predicted molar refractivity (Wildman–Crippen MR) is 71.4 cm³/mol. The van der Waals surface area contributed by atoms with Crippen LogP contribution in [-0.4, -0.2) is 18.3 Å². The summed E-state index contributed by atoms with van der Waals surface area (Å²) in [4.78, 5) is 11.4. The van der Waals surface area contributed by atoms with E-state index in [1.807, 2.05) is 13.8 Å². The van der Waals surface area contributed by atoms with Crippen LogP contribution in [-0.2, 0) is 9.53 Å². The third kappa shape index (κ3) is 7.94. The summed E-state index contributed by atoms with van der Waals surface area (Å²) >= 11 is 0. The van der Waals surface area contributed by atoms with Gasteiger partial charge in [0.25, 0.3) is 0 Å². The predicted octanol–water partition coefficient (Wildman–Crippen LogP) is 3.81. The summed E-state index contributed by atoms with van der Waals surface area (Å²) in [6.45, 7) is 12.2. The standard InChI is InChI=1S/C14H27NO2/c1-7-12(16)17-11(8-13(2,3)4)9-14(5,6)10-15/h10-11,15H,7-9H2,1-6H3. The number of ether oxygens (including phenoxy) is 1. The molecule has 100 valence electrons. The van der Waals surface area contributed by atoms with Crippen LogP contribution in [0.25, 0.3) is 0 Å². The molecule has 1 N–H and O–H groups in total. The topological polar surface area (TPSA) is 50.2 Å². The number of nitrogens with one attached hydrogen (secondary N) is 1. The number of rotatable bonds is 6. The lowest BCUT2D eigenvalue weighted by Crippen LogP contribution is -2.29. The molecule has 0 aromatic rings. The summed E-state index contributed by atoms with van der Waals surface area (Å²) in [6.07, 6.45) is 3.28. The molecule has 0 aliphatic heterocycles. The summed E-state index contributed by atoms with van der Waals surface area (Å²) in [5.74, 6) is -0.153. The third-order valence-corrected chi connectivity index (χ3v) is 2.57. The first-order chi connectivity index (χ1) is 7.59. The molecule has 0 fully saturated rings. The maximum atomic E-state index is 11.4. The van der Waals surface area contributed by atoms with Gasteiger partial charge in [-0.3, -0.25) is 4.79 Å². The summed E-state index contributed by atoms with van der Waals surface area (Å²) in [7, 11) is 0. The maximum Gasteiger partial charge on any atom is 0.305 e. The largest absolute Gasteiger partial charge is 0.462 e. The molecule has 0 aliphatic carbocycles. The zero-order chi connectivity index (χ0) is 13.7. The minimum Gasteiger partial charge on any atom is -0.462 e. The molecule has 0 radical (unpaired) electrons. The summed E-state index contributed by atoms with van der Waals surface area (Å²) in [6, 6.07) is 0. The minimum absolute atomic E-state index is 0.0981. The fourth-order valence-electron chi connectivity index (χ4n) is 1.75. The highest BCUT2D eigenvalue weighted by molar-refractivity contribution is 5.69. The number of hydrogen-bond donors (Lipinski definition) is 1. The van der Waals surface area contributed by atoms with Crippen LogP contribution >= 0.6 is 0 Å². The van der Waals surface area contributed by atoms with Crippen molar-refractivity contribution in [3.8, 4) is 0 Å². The van der Waals surface area contributed by atoms with Gasteiger partial charge in [0.1, 0.15) is 6.10 Å². The zero-order valence-corrected chi connectivity index (χ0v) is 12.1. The first-order valence-electron chi connectivity index (χ1n) is 6.31. The van der Waals surface area contributed by atoms with E-state index < -0.39 is 0 Å². The molecule has 3 heteroatoms. The smallest absolute Gasteiger partial charge is 0.305 e. The third-order valence-electron chi connectivity index (χ3n) is 2.57. The van der Waals surface area contributed by atoms with Crippen LogP contribution in [0.4, 0.5) is 0 Å². The van der Waals surface area contributed by atoms with E-state index in [9.17, 15) is 4.79 Å². The maximum absolute atomic E-state index is 11.4. The number of esters is 1. The fourth-order valence-corrected chi connectivity index (χ4v) is 1.75. The van der Waals surface area contributed by atoms with Gasteiger partial charge in [-0.15, -0.1) is 0 Å². The van der Waals surface area contributed by atoms with E-state index in [0.29, 0.717) is 12.8 Å². The van der Waals surface area contributed by atoms with Gasteiger partial charge in [-0.05, 0) is 18.3 Å². The van der Waals surface area contributed by atoms with Gasteiger partial charge in [0.2, 0.25) is 0 Å².